The predicted octanol–water partition coefficient (Wildman–Crippen LogP) is 16.1. The maximum atomic E-state index is 14.8. The molecule has 2 aliphatic rings. The quantitative estimate of drug-likeness (QED) is 0.0232. The van der Waals surface area contributed by atoms with Crippen molar-refractivity contribution in [1.29, 1.82) is 0 Å². The third-order valence-electron chi connectivity index (χ3n) is 28.9. The molecule has 802 valence electrons. The SMILES string of the molecule is CC[C@H](C)C([C@@H](CC(=O)N1CCC[C@H]1[C@H](OC)[C@@H](C)C(=O)C[C@H](C)[C@@H](O)c1ccccc1)OC)N(C)C(=O)[C@@H](CC(=O)[C@H](C(C)C)N(C)C(=O)OC(OC(=O)[C@@H](N)C(C)C)C(C)C)C(C)C.CC[C@H](C)C([C@@H](CC(=O)N1CCC[C@H]1[C@H](OC)[C@@H](C)C(=O)C[C@H](C)[C@@H](O)c1ccccc1)OC)N(C)C(=O)[C@@H](CC(=O)[C@H](C(C)C)N(C)C(=O)OC(OC(=O)[C@@H](NC(=O)OCc1ccccc1)C(C)C)C(C)C)C(C)C. The largest absolute Gasteiger partial charge is 0.445 e. The summed E-state index contributed by atoms with van der Waals surface area (Å²) < 4.78 is 52.1. The van der Waals surface area contributed by atoms with Crippen molar-refractivity contribution < 1.29 is 115 Å². The Bertz CT molecular complexity index is 4400. The molecule has 5 rings (SSSR count). The van der Waals surface area contributed by atoms with E-state index in [0.717, 1.165) is 29.5 Å². The highest BCUT2D eigenvalue weighted by molar-refractivity contribution is 5.94. The fourth-order valence-corrected chi connectivity index (χ4v) is 19.6. The van der Waals surface area contributed by atoms with Crippen LogP contribution in [-0.4, -0.2) is 272 Å². The number of likely N-dealkylation sites (tertiary alicyclic amines) is 2. The number of nitrogens with zero attached hydrogens (tertiary/aromatic N) is 6. The number of rotatable bonds is 57. The number of aliphatic hydroxyl groups excluding tert-OH is 2. The molecule has 2 aliphatic heterocycles. The number of nitrogens with one attached hydrogen (secondary N) is 1. The summed E-state index contributed by atoms with van der Waals surface area (Å²) in [6, 6.07) is 21.7. The summed E-state index contributed by atoms with van der Waals surface area (Å²) in [6.45, 7) is 44.9. The van der Waals surface area contributed by atoms with Gasteiger partial charge in [0, 0.05) is 131 Å². The minimum atomic E-state index is -1.38. The van der Waals surface area contributed by atoms with Gasteiger partial charge in [0.25, 0.3) is 12.6 Å². The fraction of sp³-hybridized carbons (Fsp3) is 0.718. The number of benzene rings is 3. The third kappa shape index (κ3) is 35.8. The molecule has 2 heterocycles. The van der Waals surface area contributed by atoms with Crippen molar-refractivity contribution in [2.75, 3.05) is 69.7 Å². The van der Waals surface area contributed by atoms with E-state index in [-0.39, 0.29) is 151 Å². The lowest BCUT2D eigenvalue weighted by Crippen LogP contribution is -2.54. The summed E-state index contributed by atoms with van der Waals surface area (Å²) in [5.41, 5.74) is 8.24. The smallest absolute Gasteiger partial charge is 0.413 e. The van der Waals surface area contributed by atoms with Gasteiger partial charge >= 0.3 is 30.2 Å². The van der Waals surface area contributed by atoms with Crippen LogP contribution in [0.1, 0.15) is 272 Å². The van der Waals surface area contributed by atoms with Crippen LogP contribution >= 0.6 is 0 Å². The van der Waals surface area contributed by atoms with Gasteiger partial charge in [-0.15, -0.1) is 0 Å². The van der Waals surface area contributed by atoms with Crippen molar-refractivity contribution in [2.24, 2.45) is 100 Å². The maximum Gasteiger partial charge on any atom is 0.413 e. The third-order valence-corrected chi connectivity index (χ3v) is 28.9. The number of methoxy groups -OCH3 is 4. The topological polar surface area (TPSA) is 403 Å². The number of aliphatic hydroxyl groups is 2. The molecule has 24 atom stereocenters. The van der Waals surface area contributed by atoms with Crippen LogP contribution in [0.5, 0.6) is 0 Å². The summed E-state index contributed by atoms with van der Waals surface area (Å²) >= 11 is 0. The van der Waals surface area contributed by atoms with Crippen LogP contribution in [-0.2, 0) is 97.2 Å². The molecule has 0 aliphatic carbocycles. The molecule has 0 saturated carbocycles. The number of hydrogen-bond donors (Lipinski definition) is 4. The molecule has 0 radical (unpaired) electrons. The predicted molar refractivity (Wildman–Crippen MR) is 545 cm³/mol. The Morgan fingerprint density at radius 1 is 0.401 bits per heavy atom. The average Bonchev–Trinajstić information content (AvgIpc) is 1.58. The molecule has 32 nitrogen and oxygen atoms in total. The zero-order valence-electron chi connectivity index (χ0n) is 91.4. The first-order valence-corrected chi connectivity index (χ1v) is 51.5. The van der Waals surface area contributed by atoms with Gasteiger partial charge < -0.3 is 93.3 Å². The second kappa shape index (κ2) is 60.6. The first-order valence-electron chi connectivity index (χ1n) is 51.5. The van der Waals surface area contributed by atoms with Gasteiger partial charge in [0.05, 0.1) is 85.7 Å². The number of likely N-dealkylation sites (N-methyl/N-ethyl adjacent to an activating group) is 4. The Morgan fingerprint density at radius 3 is 1.05 bits per heavy atom. The number of nitrogens with two attached hydrogens (primary N) is 1. The first kappa shape index (κ1) is 125. The van der Waals surface area contributed by atoms with Crippen molar-refractivity contribution in [3.05, 3.63) is 108 Å². The van der Waals surface area contributed by atoms with E-state index in [1.807, 2.05) is 176 Å². The first-order chi connectivity index (χ1) is 66.7. The van der Waals surface area contributed by atoms with Crippen LogP contribution in [0.3, 0.4) is 0 Å². The van der Waals surface area contributed by atoms with Gasteiger partial charge in [0.15, 0.2) is 11.6 Å². The highest BCUT2D eigenvalue weighted by Crippen LogP contribution is 2.38. The Morgan fingerprint density at radius 2 is 0.746 bits per heavy atom. The zero-order valence-corrected chi connectivity index (χ0v) is 91.4. The van der Waals surface area contributed by atoms with Crippen LogP contribution < -0.4 is 11.1 Å². The zero-order chi connectivity index (χ0) is 107. The van der Waals surface area contributed by atoms with Crippen molar-refractivity contribution >= 4 is 77.0 Å². The van der Waals surface area contributed by atoms with E-state index >= 15 is 0 Å². The van der Waals surface area contributed by atoms with E-state index < -0.39 is 163 Å². The lowest BCUT2D eigenvalue weighted by Gasteiger charge is -2.41. The highest BCUT2D eigenvalue weighted by atomic mass is 16.7. The monoisotopic (exact) mass is 2000 g/mol. The number of esters is 2. The van der Waals surface area contributed by atoms with Crippen molar-refractivity contribution in [3.63, 3.8) is 0 Å². The Hall–Kier alpha value is -9.31. The van der Waals surface area contributed by atoms with E-state index in [9.17, 15) is 72.5 Å². The van der Waals surface area contributed by atoms with Gasteiger partial charge in [0.1, 0.15) is 30.3 Å². The van der Waals surface area contributed by atoms with Crippen molar-refractivity contribution in [3.8, 4) is 0 Å². The standard InChI is InChI=1S/C59H92N4O13.C51H86N4O11/c1-17-39(10)52(48(72-15)33-49(66)63-30-24-29-45(63)54(73-16)41(12)46(64)31-40(11)53(67)43-27-22-19-23-28-43)61(13)55(68)44(35(2)3)32-47(65)51(37(6)7)62(14)59(71)76-57(38(8)9)75-56(69)50(36(4)5)60-58(70)74-34-42-25-20-18-21-26-42;1-17-33(10)45(41(63-15)28-42(58)55-25-21-24-38(55)47(64-16)35(12)39(56)26-34(11)46(59)36-22-19-18-20-23-36)53(13)48(60)37(29(2)3)27-40(57)44(31(6)7)54(14)51(62)66-50(32(8)9)65-49(61)43(52)30(4)5/h18-23,25-28,35-41,44-45,48,50-54,57,67H,17,24,29-34H2,1-16H3,(H,60,70);18-20,22-23,29-35,37-38,41,43-47,50,59H,17,21,24-28,52H2,1-16H3/t39-,40-,41-,44-,45-,48+,50-,51-,52?,53+,54+,57?;33-,34-,35-,37-,38-,41+,43-,44-,45?,46+,47+,50?/m00/s1. The number of carbonyl (C=O) groups excluding carboxylic acids is 13. The molecule has 3 aromatic rings. The average molecular weight is 2000 g/mol. The number of ether oxygens (including phenoxy) is 9. The summed E-state index contributed by atoms with van der Waals surface area (Å²) in [5.74, 6) is -9.74. The molecule has 3 aromatic carbocycles. The van der Waals surface area contributed by atoms with E-state index in [0.29, 0.717) is 38.8 Å². The summed E-state index contributed by atoms with van der Waals surface area (Å²) in [7, 11) is 12.4. The Kier molecular flexibility index (Phi) is 53.3. The van der Waals surface area contributed by atoms with Crippen LogP contribution in [0.4, 0.5) is 14.4 Å². The molecule has 2 fully saturated rings. The van der Waals surface area contributed by atoms with Crippen molar-refractivity contribution in [1.82, 2.24) is 34.7 Å². The van der Waals surface area contributed by atoms with Crippen molar-refractivity contribution in [2.45, 2.75) is 347 Å². The second-order valence-corrected chi connectivity index (χ2v) is 42.4. The summed E-state index contributed by atoms with van der Waals surface area (Å²) in [6.07, 6.45) is -5.47. The fourth-order valence-electron chi connectivity index (χ4n) is 19.6. The van der Waals surface area contributed by atoms with Crippen LogP contribution in [0, 0.1) is 94.7 Å². The Balaban J connectivity index is 0.000000598. The van der Waals surface area contributed by atoms with Gasteiger partial charge in [0.2, 0.25) is 23.6 Å². The number of carbonyl (C=O) groups is 13. The molecule has 0 spiro atoms. The second-order valence-electron chi connectivity index (χ2n) is 42.4. The highest BCUT2D eigenvalue weighted by Gasteiger charge is 2.49. The molecule has 32 heteroatoms. The molecule has 5 N–H and O–H groups in total. The van der Waals surface area contributed by atoms with E-state index in [1.165, 1.54) is 38.1 Å². The van der Waals surface area contributed by atoms with Crippen LogP contribution in [0.15, 0.2) is 91.0 Å². The normalized spacial score (nSPS) is 18.7. The number of hydrogen-bond acceptors (Lipinski definition) is 25. The lowest BCUT2D eigenvalue weighted by molar-refractivity contribution is -0.181. The van der Waals surface area contributed by atoms with Crippen LogP contribution in [0.2, 0.25) is 0 Å². The molecule has 0 bridgehead atoms. The molecule has 0 aromatic heterocycles. The molecular weight excluding hydrogens is 1820 g/mol. The lowest BCUT2D eigenvalue weighted by atomic mass is 9.83. The van der Waals surface area contributed by atoms with E-state index in [2.05, 4.69) is 5.32 Å². The minimum absolute atomic E-state index is 0.00793. The maximum absolute atomic E-state index is 14.8. The molecule has 142 heavy (non-hydrogen) atoms. The van der Waals surface area contributed by atoms with E-state index in [1.54, 1.807) is 129 Å². The molecule has 4 unspecified atom stereocenters. The minimum Gasteiger partial charge on any atom is -0.445 e. The van der Waals surface area contributed by atoms with Gasteiger partial charge in [-0.3, -0.25) is 43.2 Å². The van der Waals surface area contributed by atoms with Crippen LogP contribution in [0.25, 0.3) is 0 Å². The van der Waals surface area contributed by atoms with Gasteiger partial charge in [-0.2, -0.15) is 0 Å². The molecule has 2 saturated heterocycles. The number of ketones is 4. The number of amides is 7. The molecular formula is C110H178N8O24. The number of Topliss-reactive ketones (excluding diaryl/α,β-unsaturated/α-hetero) is 4. The van der Waals surface area contributed by atoms with Gasteiger partial charge in [-0.25, -0.2) is 19.2 Å². The number of alkyl carbamates (subject to hydrolysis) is 1. The van der Waals surface area contributed by atoms with Gasteiger partial charge in [-0.1, -0.05) is 270 Å². The Labute approximate surface area is 847 Å². The molecule has 7 amide bonds. The van der Waals surface area contributed by atoms with E-state index in [4.69, 9.17) is 48.4 Å². The summed E-state index contributed by atoms with van der Waals surface area (Å²) in [4.78, 5) is 190. The summed E-state index contributed by atoms with van der Waals surface area (Å²) in [5, 5.41) is 24.5. The van der Waals surface area contributed by atoms with Gasteiger partial charge in [-0.05, 0) is 102 Å².